The third kappa shape index (κ3) is 7.88. The lowest BCUT2D eigenvalue weighted by Crippen LogP contribution is -2.35. The van der Waals surface area contributed by atoms with E-state index in [1.165, 1.54) is 0 Å². The van der Waals surface area contributed by atoms with Crippen molar-refractivity contribution in [3.05, 3.63) is 0 Å². The summed E-state index contributed by atoms with van der Waals surface area (Å²) in [7, 11) is 0. The Morgan fingerprint density at radius 3 is 2.33 bits per heavy atom. The highest BCUT2D eigenvalue weighted by Crippen LogP contribution is 1.99. The highest BCUT2D eigenvalue weighted by molar-refractivity contribution is 4.51. The Kier molecular flexibility index (Phi) is 3.77. The SMILES string of the molecule is CCCOOC(C)(C)N. The predicted molar refractivity (Wildman–Crippen MR) is 35.6 cm³/mol. The molecule has 0 rings (SSSR count). The molecule has 0 atom stereocenters. The normalized spacial score (nSPS) is 12.0. The molecule has 3 heteroatoms. The minimum atomic E-state index is -0.671. The maximum atomic E-state index is 5.43. The van der Waals surface area contributed by atoms with Crippen molar-refractivity contribution in [2.75, 3.05) is 6.61 Å². The number of rotatable bonds is 4. The van der Waals surface area contributed by atoms with Crippen LogP contribution in [0.25, 0.3) is 0 Å². The third-order valence-electron chi connectivity index (χ3n) is 0.561. The maximum absolute atomic E-state index is 5.43. The van der Waals surface area contributed by atoms with Crippen molar-refractivity contribution in [2.24, 2.45) is 5.73 Å². The van der Waals surface area contributed by atoms with Gasteiger partial charge in [-0.15, -0.1) is 0 Å². The fourth-order valence-corrected chi connectivity index (χ4v) is 0.277. The van der Waals surface area contributed by atoms with Crippen LogP contribution in [0.15, 0.2) is 0 Å². The van der Waals surface area contributed by atoms with Crippen LogP contribution >= 0.6 is 0 Å². The summed E-state index contributed by atoms with van der Waals surface area (Å²) in [4.78, 5) is 9.47. The quantitative estimate of drug-likeness (QED) is 0.270. The number of hydrogen-bond donors (Lipinski definition) is 1. The molecule has 0 aliphatic heterocycles. The summed E-state index contributed by atoms with van der Waals surface area (Å²) < 4.78 is 0. The van der Waals surface area contributed by atoms with E-state index >= 15 is 0 Å². The number of nitrogens with two attached hydrogens (primary N) is 1. The molecule has 0 saturated carbocycles. The summed E-state index contributed by atoms with van der Waals surface area (Å²) >= 11 is 0. The molecule has 2 N–H and O–H groups in total. The molecule has 0 saturated heterocycles. The molecule has 0 aromatic carbocycles. The lowest BCUT2D eigenvalue weighted by atomic mass is 10.4. The summed E-state index contributed by atoms with van der Waals surface area (Å²) in [5.74, 6) is 0. The van der Waals surface area contributed by atoms with Gasteiger partial charge in [0, 0.05) is 0 Å². The van der Waals surface area contributed by atoms with Crippen molar-refractivity contribution in [3.63, 3.8) is 0 Å². The van der Waals surface area contributed by atoms with E-state index in [-0.39, 0.29) is 0 Å². The smallest absolute Gasteiger partial charge is 0.146 e. The van der Waals surface area contributed by atoms with Gasteiger partial charge in [0.25, 0.3) is 0 Å². The molecule has 9 heavy (non-hydrogen) atoms. The molecule has 0 aliphatic rings. The minimum absolute atomic E-state index is 0.598. The Morgan fingerprint density at radius 1 is 1.44 bits per heavy atom. The van der Waals surface area contributed by atoms with Gasteiger partial charge in [-0.05, 0) is 20.3 Å². The molecule has 0 fully saturated rings. The largest absolute Gasteiger partial charge is 0.301 e. The summed E-state index contributed by atoms with van der Waals surface area (Å²) in [5.41, 5.74) is 4.76. The second kappa shape index (κ2) is 3.82. The molecule has 0 spiro atoms. The van der Waals surface area contributed by atoms with Gasteiger partial charge in [0.1, 0.15) is 5.72 Å². The zero-order valence-electron chi connectivity index (χ0n) is 6.31. The van der Waals surface area contributed by atoms with E-state index in [1.807, 2.05) is 6.92 Å². The summed E-state index contributed by atoms with van der Waals surface area (Å²) in [6, 6.07) is 0. The van der Waals surface area contributed by atoms with E-state index in [0.717, 1.165) is 6.42 Å². The average molecular weight is 133 g/mol. The van der Waals surface area contributed by atoms with Gasteiger partial charge in [-0.3, -0.25) is 0 Å². The Balaban J connectivity index is 3.07. The van der Waals surface area contributed by atoms with Gasteiger partial charge >= 0.3 is 0 Å². The van der Waals surface area contributed by atoms with Gasteiger partial charge in [-0.1, -0.05) is 6.92 Å². The number of hydrogen-bond acceptors (Lipinski definition) is 3. The van der Waals surface area contributed by atoms with E-state index in [1.54, 1.807) is 13.8 Å². The average Bonchev–Trinajstić information content (AvgIpc) is 1.63. The van der Waals surface area contributed by atoms with E-state index in [4.69, 9.17) is 15.5 Å². The van der Waals surface area contributed by atoms with E-state index in [0.29, 0.717) is 6.61 Å². The van der Waals surface area contributed by atoms with Gasteiger partial charge in [0.05, 0.1) is 6.61 Å². The van der Waals surface area contributed by atoms with Gasteiger partial charge in [0.2, 0.25) is 0 Å². The second-order valence-electron chi connectivity index (χ2n) is 2.51. The van der Waals surface area contributed by atoms with Gasteiger partial charge in [0.15, 0.2) is 0 Å². The van der Waals surface area contributed by atoms with Crippen LogP contribution in [-0.2, 0) is 9.78 Å². The standard InChI is InChI=1S/C6H15NO2/c1-4-5-8-9-6(2,3)7/h4-5,7H2,1-3H3. The Hall–Kier alpha value is -0.120. The Labute approximate surface area is 56.1 Å². The fourth-order valence-electron chi connectivity index (χ4n) is 0.277. The van der Waals surface area contributed by atoms with Crippen molar-refractivity contribution in [3.8, 4) is 0 Å². The summed E-state index contributed by atoms with van der Waals surface area (Å²) in [6.07, 6.45) is 0.941. The lowest BCUT2D eigenvalue weighted by molar-refractivity contribution is -0.351. The second-order valence-corrected chi connectivity index (χ2v) is 2.51. The van der Waals surface area contributed by atoms with Crippen LogP contribution in [0, 0.1) is 0 Å². The highest BCUT2D eigenvalue weighted by Gasteiger charge is 2.10. The van der Waals surface area contributed by atoms with Crippen molar-refractivity contribution < 1.29 is 9.78 Å². The molecule has 56 valence electrons. The molecule has 0 heterocycles. The van der Waals surface area contributed by atoms with Crippen molar-refractivity contribution in [1.82, 2.24) is 0 Å². The summed E-state index contributed by atoms with van der Waals surface area (Å²) in [5, 5.41) is 0. The zero-order valence-corrected chi connectivity index (χ0v) is 6.31. The fraction of sp³-hybridized carbons (Fsp3) is 1.00. The maximum Gasteiger partial charge on any atom is 0.146 e. The molecule has 0 radical (unpaired) electrons. The highest BCUT2D eigenvalue weighted by atomic mass is 17.2. The molecule has 0 bridgehead atoms. The first kappa shape index (κ1) is 8.88. The van der Waals surface area contributed by atoms with Crippen LogP contribution in [0.5, 0.6) is 0 Å². The lowest BCUT2D eigenvalue weighted by Gasteiger charge is -2.16. The first-order chi connectivity index (χ1) is 4.06. The van der Waals surface area contributed by atoms with Crippen molar-refractivity contribution >= 4 is 0 Å². The monoisotopic (exact) mass is 133 g/mol. The van der Waals surface area contributed by atoms with Crippen molar-refractivity contribution in [2.45, 2.75) is 32.9 Å². The summed E-state index contributed by atoms with van der Waals surface area (Å²) in [6.45, 7) is 6.08. The molecule has 0 aromatic heterocycles. The van der Waals surface area contributed by atoms with E-state index in [2.05, 4.69) is 0 Å². The first-order valence-electron chi connectivity index (χ1n) is 3.16. The van der Waals surface area contributed by atoms with Crippen LogP contribution in [-0.4, -0.2) is 12.3 Å². The Morgan fingerprint density at radius 2 is 2.00 bits per heavy atom. The van der Waals surface area contributed by atoms with Gasteiger partial charge in [-0.2, -0.15) is 0 Å². The molecular formula is C6H15NO2. The predicted octanol–water partition coefficient (Wildman–Crippen LogP) is 1.04. The zero-order chi connectivity index (χ0) is 7.33. The van der Waals surface area contributed by atoms with Crippen LogP contribution in [0.2, 0.25) is 0 Å². The van der Waals surface area contributed by atoms with Gasteiger partial charge in [-0.25, -0.2) is 9.78 Å². The van der Waals surface area contributed by atoms with E-state index < -0.39 is 5.72 Å². The van der Waals surface area contributed by atoms with Gasteiger partial charge < -0.3 is 5.73 Å². The molecule has 0 unspecified atom stereocenters. The van der Waals surface area contributed by atoms with Crippen LogP contribution < -0.4 is 5.73 Å². The third-order valence-corrected chi connectivity index (χ3v) is 0.561. The van der Waals surface area contributed by atoms with Crippen LogP contribution in [0.3, 0.4) is 0 Å². The minimum Gasteiger partial charge on any atom is -0.301 e. The van der Waals surface area contributed by atoms with E-state index in [9.17, 15) is 0 Å². The van der Waals surface area contributed by atoms with Crippen LogP contribution in [0.4, 0.5) is 0 Å². The van der Waals surface area contributed by atoms with Crippen LogP contribution in [0.1, 0.15) is 27.2 Å². The molecule has 0 aromatic rings. The molecule has 3 nitrogen and oxygen atoms in total. The molecule has 0 aliphatic carbocycles. The molecular weight excluding hydrogens is 118 g/mol. The first-order valence-corrected chi connectivity index (χ1v) is 3.16. The van der Waals surface area contributed by atoms with Crippen molar-refractivity contribution in [1.29, 1.82) is 0 Å². The topological polar surface area (TPSA) is 44.5 Å². The Bertz CT molecular complexity index is 67.9. The molecule has 0 amide bonds.